The first-order valence-corrected chi connectivity index (χ1v) is 5.90. The van der Waals surface area contributed by atoms with Crippen LogP contribution < -0.4 is 0 Å². The van der Waals surface area contributed by atoms with E-state index in [0.29, 0.717) is 15.6 Å². The van der Waals surface area contributed by atoms with E-state index in [4.69, 9.17) is 23.2 Å². The third-order valence-electron chi connectivity index (χ3n) is 2.54. The summed E-state index contributed by atoms with van der Waals surface area (Å²) in [5, 5.41) is 1.21. The van der Waals surface area contributed by atoms with Gasteiger partial charge >= 0.3 is 0 Å². The third kappa shape index (κ3) is 2.51. The maximum Gasteiger partial charge on any atom is 0.159 e. The molecule has 0 atom stereocenters. The summed E-state index contributed by atoms with van der Waals surface area (Å²) >= 11 is 12.3. The predicted molar refractivity (Wildman–Crippen MR) is 71.9 cm³/mol. The maximum absolute atomic E-state index is 11.3. The molecule has 3 heteroatoms. The second kappa shape index (κ2) is 4.91. The molecule has 0 aromatic heterocycles. The van der Waals surface area contributed by atoms with Gasteiger partial charge < -0.3 is 0 Å². The van der Waals surface area contributed by atoms with E-state index in [1.54, 1.807) is 24.3 Å². The first-order chi connectivity index (χ1) is 8.09. The zero-order valence-corrected chi connectivity index (χ0v) is 10.7. The van der Waals surface area contributed by atoms with Crippen LogP contribution in [0.4, 0.5) is 0 Å². The Kier molecular flexibility index (Phi) is 3.51. The van der Waals surface area contributed by atoms with E-state index in [1.807, 2.05) is 18.2 Å². The molecule has 0 radical (unpaired) electrons. The molecule has 86 valence electrons. The standard InChI is InChI=1S/C14H10Cl2O/c1-9(17)10-6-7-14(16)12(8-10)11-4-2-3-5-13(11)15/h2-8H,1H3. The minimum atomic E-state index is 0.00923. The van der Waals surface area contributed by atoms with Crippen LogP contribution in [-0.4, -0.2) is 5.78 Å². The maximum atomic E-state index is 11.3. The molecule has 2 rings (SSSR count). The summed E-state index contributed by atoms with van der Waals surface area (Å²) in [6, 6.07) is 12.6. The van der Waals surface area contributed by atoms with Gasteiger partial charge in [0.2, 0.25) is 0 Å². The van der Waals surface area contributed by atoms with Gasteiger partial charge in [0.05, 0.1) is 0 Å². The van der Waals surface area contributed by atoms with Crippen LogP contribution in [0, 0.1) is 0 Å². The van der Waals surface area contributed by atoms with Crippen LogP contribution in [0.15, 0.2) is 42.5 Å². The summed E-state index contributed by atoms with van der Waals surface area (Å²) in [5.41, 5.74) is 2.25. The lowest BCUT2D eigenvalue weighted by atomic mass is 10.0. The highest BCUT2D eigenvalue weighted by Crippen LogP contribution is 2.33. The predicted octanol–water partition coefficient (Wildman–Crippen LogP) is 4.86. The van der Waals surface area contributed by atoms with Gasteiger partial charge in [-0.3, -0.25) is 4.79 Å². The van der Waals surface area contributed by atoms with E-state index in [1.165, 1.54) is 6.92 Å². The van der Waals surface area contributed by atoms with Gasteiger partial charge in [-0.2, -0.15) is 0 Å². The lowest BCUT2D eigenvalue weighted by Crippen LogP contribution is -1.93. The number of hydrogen-bond donors (Lipinski definition) is 0. The Hall–Kier alpha value is -1.31. The van der Waals surface area contributed by atoms with E-state index in [2.05, 4.69) is 0 Å². The van der Waals surface area contributed by atoms with Crippen molar-refractivity contribution in [3.05, 3.63) is 58.1 Å². The van der Waals surface area contributed by atoms with Gasteiger partial charge in [-0.25, -0.2) is 0 Å². The molecule has 0 heterocycles. The molecule has 0 aliphatic carbocycles. The van der Waals surface area contributed by atoms with Crippen molar-refractivity contribution in [3.8, 4) is 11.1 Å². The summed E-state index contributed by atoms with van der Waals surface area (Å²) in [7, 11) is 0. The Bertz CT molecular complexity index is 576. The summed E-state index contributed by atoms with van der Waals surface area (Å²) in [6.07, 6.45) is 0. The van der Waals surface area contributed by atoms with Gasteiger partial charge in [0.15, 0.2) is 5.78 Å². The summed E-state index contributed by atoms with van der Waals surface area (Å²) in [6.45, 7) is 1.53. The molecular weight excluding hydrogens is 255 g/mol. The zero-order chi connectivity index (χ0) is 12.4. The lowest BCUT2D eigenvalue weighted by molar-refractivity contribution is 0.101. The number of rotatable bonds is 2. The molecule has 0 aliphatic rings. The van der Waals surface area contributed by atoms with Crippen LogP contribution in [0.1, 0.15) is 17.3 Å². The van der Waals surface area contributed by atoms with E-state index in [9.17, 15) is 4.79 Å². The van der Waals surface area contributed by atoms with Crippen molar-refractivity contribution in [2.24, 2.45) is 0 Å². The molecule has 0 saturated carbocycles. The number of carbonyl (C=O) groups excluding carboxylic acids is 1. The van der Waals surface area contributed by atoms with Crippen LogP contribution in [0.5, 0.6) is 0 Å². The molecule has 1 nitrogen and oxygen atoms in total. The normalized spacial score (nSPS) is 10.3. The molecule has 0 saturated heterocycles. The van der Waals surface area contributed by atoms with Crippen LogP contribution in [-0.2, 0) is 0 Å². The van der Waals surface area contributed by atoms with Crippen molar-refractivity contribution in [1.29, 1.82) is 0 Å². The van der Waals surface area contributed by atoms with E-state index in [-0.39, 0.29) is 5.78 Å². The largest absolute Gasteiger partial charge is 0.295 e. The Labute approximate surface area is 110 Å². The lowest BCUT2D eigenvalue weighted by Gasteiger charge is -2.08. The van der Waals surface area contributed by atoms with Crippen molar-refractivity contribution in [2.75, 3.05) is 0 Å². The van der Waals surface area contributed by atoms with Gasteiger partial charge in [0.1, 0.15) is 0 Å². The molecule has 2 aromatic carbocycles. The summed E-state index contributed by atoms with van der Waals surface area (Å²) < 4.78 is 0. The van der Waals surface area contributed by atoms with Crippen molar-refractivity contribution < 1.29 is 4.79 Å². The Morgan fingerprint density at radius 2 is 1.59 bits per heavy atom. The van der Waals surface area contributed by atoms with Crippen molar-refractivity contribution in [2.45, 2.75) is 6.92 Å². The highest BCUT2D eigenvalue weighted by Gasteiger charge is 2.09. The zero-order valence-electron chi connectivity index (χ0n) is 9.21. The summed E-state index contributed by atoms with van der Waals surface area (Å²) in [4.78, 5) is 11.3. The Balaban J connectivity index is 2.63. The van der Waals surface area contributed by atoms with E-state index < -0.39 is 0 Å². The average molecular weight is 265 g/mol. The molecule has 0 aliphatic heterocycles. The SMILES string of the molecule is CC(=O)c1ccc(Cl)c(-c2ccccc2Cl)c1. The van der Waals surface area contributed by atoms with Crippen molar-refractivity contribution in [3.63, 3.8) is 0 Å². The van der Waals surface area contributed by atoms with Gasteiger partial charge in [0, 0.05) is 26.7 Å². The number of carbonyl (C=O) groups is 1. The highest BCUT2D eigenvalue weighted by molar-refractivity contribution is 6.36. The fourth-order valence-electron chi connectivity index (χ4n) is 1.63. The van der Waals surface area contributed by atoms with E-state index in [0.717, 1.165) is 11.1 Å². The summed E-state index contributed by atoms with van der Waals surface area (Å²) in [5.74, 6) is 0.00923. The van der Waals surface area contributed by atoms with Gasteiger partial charge in [-0.05, 0) is 31.2 Å². The van der Waals surface area contributed by atoms with Crippen LogP contribution in [0.3, 0.4) is 0 Å². The van der Waals surface area contributed by atoms with Crippen LogP contribution in [0.25, 0.3) is 11.1 Å². The second-order valence-corrected chi connectivity index (χ2v) is 4.55. The first-order valence-electron chi connectivity index (χ1n) is 5.15. The molecule has 2 aromatic rings. The molecule has 0 N–H and O–H groups in total. The molecule has 0 unspecified atom stereocenters. The molecule has 0 amide bonds. The minimum Gasteiger partial charge on any atom is -0.295 e. The Morgan fingerprint density at radius 3 is 2.24 bits per heavy atom. The number of benzene rings is 2. The van der Waals surface area contributed by atoms with E-state index >= 15 is 0 Å². The van der Waals surface area contributed by atoms with Crippen molar-refractivity contribution in [1.82, 2.24) is 0 Å². The second-order valence-electron chi connectivity index (χ2n) is 3.73. The number of hydrogen-bond acceptors (Lipinski definition) is 1. The monoisotopic (exact) mass is 264 g/mol. The van der Waals surface area contributed by atoms with Gasteiger partial charge in [0.25, 0.3) is 0 Å². The fraction of sp³-hybridized carbons (Fsp3) is 0.0714. The van der Waals surface area contributed by atoms with Gasteiger partial charge in [-0.15, -0.1) is 0 Å². The van der Waals surface area contributed by atoms with Crippen LogP contribution >= 0.6 is 23.2 Å². The number of halogens is 2. The van der Waals surface area contributed by atoms with Gasteiger partial charge in [-0.1, -0.05) is 41.4 Å². The molecule has 0 spiro atoms. The highest BCUT2D eigenvalue weighted by atomic mass is 35.5. The fourth-order valence-corrected chi connectivity index (χ4v) is 2.09. The molecule has 17 heavy (non-hydrogen) atoms. The van der Waals surface area contributed by atoms with Crippen LogP contribution in [0.2, 0.25) is 10.0 Å². The molecule has 0 fully saturated rings. The number of Topliss-reactive ketones (excluding diaryl/α,β-unsaturated/α-hetero) is 1. The molecule has 0 bridgehead atoms. The van der Waals surface area contributed by atoms with Crippen molar-refractivity contribution >= 4 is 29.0 Å². The third-order valence-corrected chi connectivity index (χ3v) is 3.20. The number of ketones is 1. The smallest absolute Gasteiger partial charge is 0.159 e. The minimum absolute atomic E-state index is 0.00923. The topological polar surface area (TPSA) is 17.1 Å². The first kappa shape index (κ1) is 12.2. The average Bonchev–Trinajstić information content (AvgIpc) is 2.30. The quantitative estimate of drug-likeness (QED) is 0.708. The Morgan fingerprint density at radius 1 is 0.941 bits per heavy atom. The molecular formula is C14H10Cl2O.